The first-order valence-corrected chi connectivity index (χ1v) is 9.95. The van der Waals surface area contributed by atoms with Crippen LogP contribution < -0.4 is 0 Å². The minimum atomic E-state index is -3.13. The van der Waals surface area contributed by atoms with E-state index in [-0.39, 0.29) is 5.92 Å². The van der Waals surface area contributed by atoms with Gasteiger partial charge in [0.05, 0.1) is 23.8 Å². The summed E-state index contributed by atoms with van der Waals surface area (Å²) in [7, 11) is -1.17. The zero-order valence-electron chi connectivity index (χ0n) is 14.3. The van der Waals surface area contributed by atoms with Gasteiger partial charge < -0.3 is 4.57 Å². The van der Waals surface area contributed by atoms with E-state index in [2.05, 4.69) is 15.0 Å². The molecule has 0 aliphatic carbocycles. The molecule has 24 heavy (non-hydrogen) atoms. The fourth-order valence-electron chi connectivity index (χ4n) is 3.22. The Balaban J connectivity index is 1.85. The fraction of sp³-hybridized carbons (Fsp3) is 0.562. The van der Waals surface area contributed by atoms with Crippen molar-refractivity contribution in [2.24, 2.45) is 13.0 Å². The van der Waals surface area contributed by atoms with E-state index in [1.54, 1.807) is 16.7 Å². The molecule has 0 aromatic carbocycles. The lowest BCUT2D eigenvalue weighted by Crippen LogP contribution is -2.39. The quantitative estimate of drug-likeness (QED) is 0.833. The van der Waals surface area contributed by atoms with Crippen molar-refractivity contribution in [1.82, 2.24) is 23.8 Å². The number of hydrogen-bond acceptors (Lipinski definition) is 5. The summed E-state index contributed by atoms with van der Waals surface area (Å²) in [6.45, 7) is 3.12. The van der Waals surface area contributed by atoms with Crippen molar-refractivity contribution in [1.29, 1.82) is 0 Å². The normalized spacial score (nSPS) is 19.5. The number of piperidine rings is 1. The van der Waals surface area contributed by atoms with Gasteiger partial charge >= 0.3 is 0 Å². The van der Waals surface area contributed by atoms with E-state index in [1.165, 1.54) is 6.26 Å². The first-order valence-electron chi connectivity index (χ1n) is 8.10. The van der Waals surface area contributed by atoms with E-state index in [1.807, 2.05) is 24.7 Å². The Kier molecular flexibility index (Phi) is 4.69. The van der Waals surface area contributed by atoms with Crippen molar-refractivity contribution in [2.45, 2.75) is 26.2 Å². The average Bonchev–Trinajstić information content (AvgIpc) is 2.87. The molecule has 1 aliphatic rings. The highest BCUT2D eigenvalue weighted by Crippen LogP contribution is 2.26. The fourth-order valence-corrected chi connectivity index (χ4v) is 4.16. The number of imidazole rings is 1. The van der Waals surface area contributed by atoms with Crippen LogP contribution >= 0.6 is 0 Å². The molecule has 1 atom stereocenters. The highest BCUT2D eigenvalue weighted by molar-refractivity contribution is 7.88. The van der Waals surface area contributed by atoms with Gasteiger partial charge in [-0.2, -0.15) is 0 Å². The SMILES string of the molecule is Cc1ncc(-c2nccnc2C[C@@H]2CCCN(S(C)(=O)=O)C2)n1C. The van der Waals surface area contributed by atoms with Crippen molar-refractivity contribution in [3.05, 3.63) is 30.1 Å². The van der Waals surface area contributed by atoms with Gasteiger partial charge in [0.15, 0.2) is 0 Å². The van der Waals surface area contributed by atoms with Gasteiger partial charge in [-0.3, -0.25) is 9.97 Å². The largest absolute Gasteiger partial charge is 0.330 e. The van der Waals surface area contributed by atoms with Crippen LogP contribution in [0.3, 0.4) is 0 Å². The maximum absolute atomic E-state index is 11.8. The predicted octanol–water partition coefficient (Wildman–Crippen LogP) is 1.40. The zero-order valence-corrected chi connectivity index (χ0v) is 15.1. The summed E-state index contributed by atoms with van der Waals surface area (Å²) in [5.74, 6) is 1.18. The van der Waals surface area contributed by atoms with Crippen LogP contribution in [0.4, 0.5) is 0 Å². The molecule has 2 aromatic heterocycles. The van der Waals surface area contributed by atoms with Crippen LogP contribution in [0.25, 0.3) is 11.4 Å². The van der Waals surface area contributed by atoms with Gasteiger partial charge in [-0.15, -0.1) is 0 Å². The van der Waals surface area contributed by atoms with Crippen LogP contribution in [0.1, 0.15) is 24.4 Å². The van der Waals surface area contributed by atoms with Crippen LogP contribution in [0.2, 0.25) is 0 Å². The van der Waals surface area contributed by atoms with E-state index in [0.29, 0.717) is 13.1 Å². The van der Waals surface area contributed by atoms with Gasteiger partial charge in [0.1, 0.15) is 11.5 Å². The van der Waals surface area contributed by atoms with E-state index < -0.39 is 10.0 Å². The maximum atomic E-state index is 11.8. The topological polar surface area (TPSA) is 81.0 Å². The van der Waals surface area contributed by atoms with Gasteiger partial charge in [0.2, 0.25) is 10.0 Å². The molecule has 7 nitrogen and oxygen atoms in total. The Morgan fingerprint density at radius 3 is 2.67 bits per heavy atom. The minimum absolute atomic E-state index is 0.262. The van der Waals surface area contributed by atoms with Crippen molar-refractivity contribution < 1.29 is 8.42 Å². The molecule has 8 heteroatoms. The van der Waals surface area contributed by atoms with Crippen LogP contribution in [-0.4, -0.2) is 51.6 Å². The Labute approximate surface area is 142 Å². The summed E-state index contributed by atoms with van der Waals surface area (Å²) in [5, 5.41) is 0. The molecule has 1 saturated heterocycles. The van der Waals surface area contributed by atoms with Crippen molar-refractivity contribution in [3.63, 3.8) is 0 Å². The third kappa shape index (κ3) is 3.49. The standard InChI is InChI=1S/C16H23N5O2S/c1-12-19-10-15(20(12)2)16-14(17-6-7-18-16)9-13-5-4-8-21(11-13)24(3,22)23/h6-7,10,13H,4-5,8-9,11H2,1-3H3/t13-/m0/s1. The summed E-state index contributed by atoms with van der Waals surface area (Å²) >= 11 is 0. The van der Waals surface area contributed by atoms with Crippen molar-refractivity contribution >= 4 is 10.0 Å². The molecule has 0 radical (unpaired) electrons. The molecular weight excluding hydrogens is 326 g/mol. The molecule has 0 N–H and O–H groups in total. The Hall–Kier alpha value is -1.80. The predicted molar refractivity (Wildman–Crippen MR) is 91.8 cm³/mol. The smallest absolute Gasteiger partial charge is 0.211 e. The third-order valence-electron chi connectivity index (χ3n) is 4.67. The second-order valence-electron chi connectivity index (χ2n) is 6.43. The molecule has 1 aliphatic heterocycles. The second-order valence-corrected chi connectivity index (χ2v) is 8.42. The monoisotopic (exact) mass is 349 g/mol. The van der Waals surface area contributed by atoms with E-state index >= 15 is 0 Å². The third-order valence-corrected chi connectivity index (χ3v) is 5.94. The molecule has 0 bridgehead atoms. The average molecular weight is 349 g/mol. The lowest BCUT2D eigenvalue weighted by molar-refractivity contribution is 0.265. The molecule has 0 amide bonds. The highest BCUT2D eigenvalue weighted by atomic mass is 32.2. The Morgan fingerprint density at radius 1 is 1.25 bits per heavy atom. The van der Waals surface area contributed by atoms with Crippen LogP contribution in [0.15, 0.2) is 18.6 Å². The molecule has 0 saturated carbocycles. The lowest BCUT2D eigenvalue weighted by Gasteiger charge is -2.31. The summed E-state index contributed by atoms with van der Waals surface area (Å²) < 4.78 is 27.2. The van der Waals surface area contributed by atoms with Crippen molar-refractivity contribution in [2.75, 3.05) is 19.3 Å². The number of aryl methyl sites for hydroxylation is 1. The summed E-state index contributed by atoms with van der Waals surface area (Å²) in [5.41, 5.74) is 2.67. The zero-order chi connectivity index (χ0) is 17.3. The van der Waals surface area contributed by atoms with E-state index in [0.717, 1.165) is 42.2 Å². The van der Waals surface area contributed by atoms with E-state index in [9.17, 15) is 8.42 Å². The summed E-state index contributed by atoms with van der Waals surface area (Å²) in [6, 6.07) is 0. The Bertz CT molecular complexity index is 831. The molecule has 2 aromatic rings. The first-order chi connectivity index (χ1) is 11.4. The second kappa shape index (κ2) is 6.60. The van der Waals surface area contributed by atoms with Gasteiger partial charge in [0, 0.05) is 32.5 Å². The van der Waals surface area contributed by atoms with Gasteiger partial charge in [-0.1, -0.05) is 0 Å². The maximum Gasteiger partial charge on any atom is 0.211 e. The van der Waals surface area contributed by atoms with Crippen molar-refractivity contribution in [3.8, 4) is 11.4 Å². The minimum Gasteiger partial charge on any atom is -0.330 e. The molecule has 3 rings (SSSR count). The van der Waals surface area contributed by atoms with Crippen LogP contribution in [0.5, 0.6) is 0 Å². The number of nitrogens with zero attached hydrogens (tertiary/aromatic N) is 5. The molecule has 0 spiro atoms. The van der Waals surface area contributed by atoms with Gasteiger partial charge in [0.25, 0.3) is 0 Å². The molecule has 1 fully saturated rings. The number of aromatic nitrogens is 4. The molecule has 3 heterocycles. The molecule has 130 valence electrons. The van der Waals surface area contributed by atoms with Crippen LogP contribution in [0, 0.1) is 12.8 Å². The van der Waals surface area contributed by atoms with E-state index in [4.69, 9.17) is 0 Å². The van der Waals surface area contributed by atoms with Crippen LogP contribution in [-0.2, 0) is 23.5 Å². The summed E-state index contributed by atoms with van der Waals surface area (Å²) in [6.07, 6.45) is 9.09. The first kappa shape index (κ1) is 17.0. The van der Waals surface area contributed by atoms with Gasteiger partial charge in [-0.05, 0) is 32.1 Å². The number of sulfonamides is 1. The molecule has 0 unspecified atom stereocenters. The summed E-state index contributed by atoms with van der Waals surface area (Å²) in [4.78, 5) is 13.3. The number of rotatable bonds is 4. The number of hydrogen-bond donors (Lipinski definition) is 0. The Morgan fingerprint density at radius 2 is 2.00 bits per heavy atom. The highest BCUT2D eigenvalue weighted by Gasteiger charge is 2.27. The molecular formula is C16H23N5O2S. The van der Waals surface area contributed by atoms with Gasteiger partial charge in [-0.25, -0.2) is 17.7 Å². The lowest BCUT2D eigenvalue weighted by atomic mass is 9.93.